The Bertz CT molecular complexity index is 462. The fourth-order valence-electron chi connectivity index (χ4n) is 2.49. The van der Waals surface area contributed by atoms with Crippen molar-refractivity contribution in [3.05, 3.63) is 23.8 Å². The Labute approximate surface area is 131 Å². The maximum Gasteiger partial charge on any atom is 0.255 e. The molecule has 1 aliphatic heterocycles. The summed E-state index contributed by atoms with van der Waals surface area (Å²) < 4.78 is 0. The average Bonchev–Trinajstić information content (AvgIpc) is 2.44. The Morgan fingerprint density at radius 2 is 1.90 bits per heavy atom. The van der Waals surface area contributed by atoms with E-state index in [4.69, 9.17) is 0 Å². The van der Waals surface area contributed by atoms with Crippen LogP contribution in [0.15, 0.2) is 18.2 Å². The SMILES string of the molecule is Cl.O=C(NCCCN1CCCCC1)c1ccc(O)cc1O. The summed E-state index contributed by atoms with van der Waals surface area (Å²) in [5.41, 5.74) is 0.195. The van der Waals surface area contributed by atoms with Gasteiger partial charge in [0.1, 0.15) is 11.5 Å². The van der Waals surface area contributed by atoms with Crippen LogP contribution >= 0.6 is 12.4 Å². The summed E-state index contributed by atoms with van der Waals surface area (Å²) in [7, 11) is 0. The van der Waals surface area contributed by atoms with Crippen LogP contribution in [0.4, 0.5) is 0 Å². The lowest BCUT2D eigenvalue weighted by molar-refractivity contribution is 0.0948. The Kier molecular flexibility index (Phi) is 7.32. The lowest BCUT2D eigenvalue weighted by Gasteiger charge is -2.26. The Hall–Kier alpha value is -1.46. The van der Waals surface area contributed by atoms with E-state index in [1.54, 1.807) is 0 Å². The molecule has 0 atom stereocenters. The minimum absolute atomic E-state index is 0. The number of carbonyl (C=O) groups is 1. The summed E-state index contributed by atoms with van der Waals surface area (Å²) in [6.45, 7) is 3.91. The highest BCUT2D eigenvalue weighted by atomic mass is 35.5. The summed E-state index contributed by atoms with van der Waals surface area (Å²) in [6, 6.07) is 3.98. The van der Waals surface area contributed by atoms with Crippen molar-refractivity contribution in [2.45, 2.75) is 25.7 Å². The van der Waals surface area contributed by atoms with Crippen molar-refractivity contribution in [2.24, 2.45) is 0 Å². The molecule has 1 aromatic rings. The number of likely N-dealkylation sites (tertiary alicyclic amines) is 1. The summed E-state index contributed by atoms with van der Waals surface area (Å²) >= 11 is 0. The number of nitrogens with zero attached hydrogens (tertiary/aromatic N) is 1. The maximum atomic E-state index is 11.9. The number of amides is 1. The van der Waals surface area contributed by atoms with Crippen LogP contribution in [-0.2, 0) is 0 Å². The lowest BCUT2D eigenvalue weighted by atomic mass is 10.1. The fourth-order valence-corrected chi connectivity index (χ4v) is 2.49. The Balaban J connectivity index is 0.00000220. The van der Waals surface area contributed by atoms with Gasteiger partial charge in [-0.25, -0.2) is 0 Å². The molecule has 1 amide bonds. The number of benzene rings is 1. The largest absolute Gasteiger partial charge is 0.508 e. The first-order valence-electron chi connectivity index (χ1n) is 7.19. The zero-order chi connectivity index (χ0) is 14.4. The molecule has 1 aliphatic rings. The number of hydrogen-bond acceptors (Lipinski definition) is 4. The van der Waals surface area contributed by atoms with Crippen molar-refractivity contribution in [3.63, 3.8) is 0 Å². The van der Waals surface area contributed by atoms with Crippen LogP contribution in [0, 0.1) is 0 Å². The standard InChI is InChI=1S/C15H22N2O3.ClH/c18-12-5-6-13(14(19)11-12)15(20)16-7-4-10-17-8-2-1-3-9-17;/h5-6,11,18-19H,1-4,7-10H2,(H,16,20);1H. The van der Waals surface area contributed by atoms with Gasteiger partial charge in [0.15, 0.2) is 0 Å². The fraction of sp³-hybridized carbons (Fsp3) is 0.533. The molecule has 1 fully saturated rings. The van der Waals surface area contributed by atoms with Crippen molar-refractivity contribution in [3.8, 4) is 11.5 Å². The highest BCUT2D eigenvalue weighted by Gasteiger charge is 2.12. The molecule has 5 nitrogen and oxygen atoms in total. The van der Waals surface area contributed by atoms with E-state index in [1.807, 2.05) is 0 Å². The van der Waals surface area contributed by atoms with Gasteiger partial charge in [-0.3, -0.25) is 4.79 Å². The minimum atomic E-state index is -0.304. The van der Waals surface area contributed by atoms with Gasteiger partial charge in [-0.15, -0.1) is 12.4 Å². The van der Waals surface area contributed by atoms with Crippen molar-refractivity contribution >= 4 is 18.3 Å². The molecule has 1 saturated heterocycles. The molecule has 0 radical (unpaired) electrons. The number of nitrogens with one attached hydrogen (secondary N) is 1. The third kappa shape index (κ3) is 5.44. The molecule has 0 unspecified atom stereocenters. The van der Waals surface area contributed by atoms with Gasteiger partial charge in [0.05, 0.1) is 5.56 Å². The van der Waals surface area contributed by atoms with E-state index in [2.05, 4.69) is 10.2 Å². The van der Waals surface area contributed by atoms with Gasteiger partial charge >= 0.3 is 0 Å². The van der Waals surface area contributed by atoms with Crippen LogP contribution < -0.4 is 5.32 Å². The number of phenols is 2. The molecular weight excluding hydrogens is 292 g/mol. The molecule has 118 valence electrons. The summed E-state index contributed by atoms with van der Waals surface area (Å²) in [4.78, 5) is 14.3. The lowest BCUT2D eigenvalue weighted by Crippen LogP contribution is -2.33. The van der Waals surface area contributed by atoms with Gasteiger partial charge in [0.25, 0.3) is 5.91 Å². The van der Waals surface area contributed by atoms with Crippen LogP contribution in [0.5, 0.6) is 11.5 Å². The molecule has 2 rings (SSSR count). The summed E-state index contributed by atoms with van der Waals surface area (Å²) in [5, 5.41) is 21.6. The summed E-state index contributed by atoms with van der Waals surface area (Å²) in [6.07, 6.45) is 4.78. The van der Waals surface area contributed by atoms with Gasteiger partial charge in [-0.2, -0.15) is 0 Å². The van der Waals surface area contributed by atoms with Gasteiger partial charge in [-0.05, 0) is 51.0 Å². The van der Waals surface area contributed by atoms with Crippen LogP contribution in [0.1, 0.15) is 36.0 Å². The first kappa shape index (κ1) is 17.6. The molecule has 1 aromatic carbocycles. The molecule has 0 spiro atoms. The van der Waals surface area contributed by atoms with Gasteiger partial charge in [-0.1, -0.05) is 6.42 Å². The predicted molar refractivity (Wildman–Crippen MR) is 84.3 cm³/mol. The van der Waals surface area contributed by atoms with Gasteiger partial charge < -0.3 is 20.4 Å². The van der Waals surface area contributed by atoms with Gasteiger partial charge in [0.2, 0.25) is 0 Å². The number of hydrogen-bond donors (Lipinski definition) is 3. The smallest absolute Gasteiger partial charge is 0.255 e. The highest BCUT2D eigenvalue weighted by molar-refractivity contribution is 5.96. The normalized spacial score (nSPS) is 15.2. The highest BCUT2D eigenvalue weighted by Crippen LogP contribution is 2.22. The van der Waals surface area contributed by atoms with Crippen molar-refractivity contribution < 1.29 is 15.0 Å². The van der Waals surface area contributed by atoms with Crippen molar-refractivity contribution in [1.29, 1.82) is 0 Å². The predicted octanol–water partition coefficient (Wildman–Crippen LogP) is 2.13. The second kappa shape index (κ2) is 8.74. The Morgan fingerprint density at radius 3 is 2.57 bits per heavy atom. The van der Waals surface area contributed by atoms with Crippen LogP contribution in [0.2, 0.25) is 0 Å². The number of phenolic OH excluding ortho intramolecular Hbond substituents is 2. The monoisotopic (exact) mass is 314 g/mol. The molecule has 6 heteroatoms. The maximum absolute atomic E-state index is 11.9. The first-order valence-corrected chi connectivity index (χ1v) is 7.19. The zero-order valence-corrected chi connectivity index (χ0v) is 12.9. The van der Waals surface area contributed by atoms with Crippen LogP contribution in [0.3, 0.4) is 0 Å². The third-order valence-corrected chi connectivity index (χ3v) is 3.61. The van der Waals surface area contributed by atoms with E-state index in [0.717, 1.165) is 26.1 Å². The van der Waals surface area contributed by atoms with E-state index >= 15 is 0 Å². The second-order valence-electron chi connectivity index (χ2n) is 5.21. The van der Waals surface area contributed by atoms with Crippen LogP contribution in [-0.4, -0.2) is 47.2 Å². The van der Waals surface area contributed by atoms with E-state index in [1.165, 1.54) is 37.5 Å². The van der Waals surface area contributed by atoms with E-state index in [9.17, 15) is 15.0 Å². The number of carbonyl (C=O) groups excluding carboxylic acids is 1. The molecule has 3 N–H and O–H groups in total. The number of rotatable bonds is 5. The second-order valence-corrected chi connectivity index (χ2v) is 5.21. The number of piperidine rings is 1. The van der Waals surface area contributed by atoms with Crippen LogP contribution in [0.25, 0.3) is 0 Å². The zero-order valence-electron chi connectivity index (χ0n) is 12.0. The molecule has 0 aliphatic carbocycles. The number of aromatic hydroxyl groups is 2. The Morgan fingerprint density at radius 1 is 1.19 bits per heavy atom. The average molecular weight is 315 g/mol. The van der Waals surface area contributed by atoms with E-state index < -0.39 is 0 Å². The molecule has 0 saturated carbocycles. The summed E-state index contributed by atoms with van der Waals surface area (Å²) in [5.74, 6) is -0.552. The first-order chi connectivity index (χ1) is 9.66. The third-order valence-electron chi connectivity index (χ3n) is 3.61. The topological polar surface area (TPSA) is 72.8 Å². The van der Waals surface area contributed by atoms with Crippen molar-refractivity contribution in [1.82, 2.24) is 10.2 Å². The molecule has 0 aromatic heterocycles. The van der Waals surface area contributed by atoms with Crippen molar-refractivity contribution in [2.75, 3.05) is 26.2 Å². The molecule has 21 heavy (non-hydrogen) atoms. The molecular formula is C15H23ClN2O3. The molecule has 1 heterocycles. The molecule has 0 bridgehead atoms. The quantitative estimate of drug-likeness (QED) is 0.728. The minimum Gasteiger partial charge on any atom is -0.508 e. The number of halogens is 1. The van der Waals surface area contributed by atoms with E-state index in [-0.39, 0.29) is 35.4 Å². The van der Waals surface area contributed by atoms with Gasteiger partial charge in [0, 0.05) is 12.6 Å². The van der Waals surface area contributed by atoms with E-state index in [0.29, 0.717) is 6.54 Å².